The molecule has 2 aromatic carbocycles. The van der Waals surface area contributed by atoms with Crippen LogP contribution in [0.1, 0.15) is 11.1 Å². The van der Waals surface area contributed by atoms with Gasteiger partial charge in [-0.25, -0.2) is 0 Å². The summed E-state index contributed by atoms with van der Waals surface area (Å²) in [6.07, 6.45) is 1.92. The second-order valence-corrected chi connectivity index (χ2v) is 4.92. The van der Waals surface area contributed by atoms with Gasteiger partial charge in [-0.2, -0.15) is 0 Å². The fourth-order valence-corrected chi connectivity index (χ4v) is 2.37. The molecule has 21 heavy (non-hydrogen) atoms. The van der Waals surface area contributed by atoms with E-state index >= 15 is 0 Å². The lowest BCUT2D eigenvalue weighted by Gasteiger charge is -2.06. The topological polar surface area (TPSA) is 68.3 Å². The molecule has 0 spiro atoms. The monoisotopic (exact) mass is 282 g/mol. The first-order chi connectivity index (χ1) is 10.2. The van der Waals surface area contributed by atoms with Crippen LogP contribution < -0.4 is 0 Å². The molecule has 0 bridgehead atoms. The van der Waals surface area contributed by atoms with Gasteiger partial charge in [-0.05, 0) is 23.3 Å². The van der Waals surface area contributed by atoms with E-state index in [0.29, 0.717) is 6.54 Å². The molecule has 1 N–H and O–H groups in total. The van der Waals surface area contributed by atoms with E-state index in [0.717, 1.165) is 22.0 Å². The standard InChI is InChI=1S/C16H14N2O3/c19-11-13-3-1-12(2-4-13)10-17-8-7-14-5-6-15(18(20)21)9-16(14)17/h1-9,19H,10-11H2. The molecule has 0 aliphatic carbocycles. The van der Waals surface area contributed by atoms with Gasteiger partial charge in [-0.1, -0.05) is 24.3 Å². The number of nitro benzene ring substituents is 1. The van der Waals surface area contributed by atoms with Gasteiger partial charge in [-0.15, -0.1) is 0 Å². The number of nitro groups is 1. The predicted molar refractivity (Wildman–Crippen MR) is 80.1 cm³/mol. The summed E-state index contributed by atoms with van der Waals surface area (Å²) in [4.78, 5) is 10.5. The molecule has 5 heteroatoms. The summed E-state index contributed by atoms with van der Waals surface area (Å²) in [5, 5.41) is 20.9. The summed E-state index contributed by atoms with van der Waals surface area (Å²) >= 11 is 0. The van der Waals surface area contributed by atoms with Gasteiger partial charge < -0.3 is 9.67 Å². The average molecular weight is 282 g/mol. The summed E-state index contributed by atoms with van der Waals surface area (Å²) in [6.45, 7) is 0.662. The molecule has 5 nitrogen and oxygen atoms in total. The van der Waals surface area contributed by atoms with Gasteiger partial charge in [-0.3, -0.25) is 10.1 Å². The van der Waals surface area contributed by atoms with E-state index in [9.17, 15) is 10.1 Å². The Morgan fingerprint density at radius 3 is 2.43 bits per heavy atom. The quantitative estimate of drug-likeness (QED) is 0.590. The van der Waals surface area contributed by atoms with Gasteiger partial charge in [0.2, 0.25) is 0 Å². The first kappa shape index (κ1) is 13.3. The van der Waals surface area contributed by atoms with Crippen molar-refractivity contribution in [3.05, 3.63) is 76.0 Å². The molecule has 0 amide bonds. The van der Waals surface area contributed by atoms with Gasteiger partial charge in [0.1, 0.15) is 0 Å². The van der Waals surface area contributed by atoms with Crippen LogP contribution >= 0.6 is 0 Å². The molecule has 3 aromatic rings. The molecule has 3 rings (SSSR count). The minimum atomic E-state index is -0.382. The fraction of sp³-hybridized carbons (Fsp3) is 0.125. The van der Waals surface area contributed by atoms with Crippen LogP contribution in [-0.4, -0.2) is 14.6 Å². The highest BCUT2D eigenvalue weighted by Crippen LogP contribution is 2.22. The van der Waals surface area contributed by atoms with Crippen LogP contribution in [0, 0.1) is 10.1 Å². The predicted octanol–water partition coefficient (Wildman–Crippen LogP) is 3.09. The molecule has 1 aromatic heterocycles. The first-order valence-electron chi connectivity index (χ1n) is 6.59. The number of fused-ring (bicyclic) bond motifs is 1. The van der Waals surface area contributed by atoms with E-state index in [1.54, 1.807) is 12.1 Å². The van der Waals surface area contributed by atoms with Crippen LogP contribution in [-0.2, 0) is 13.2 Å². The van der Waals surface area contributed by atoms with Crippen LogP contribution in [0.25, 0.3) is 10.9 Å². The molecule has 0 unspecified atom stereocenters. The minimum Gasteiger partial charge on any atom is -0.392 e. The zero-order chi connectivity index (χ0) is 14.8. The summed E-state index contributed by atoms with van der Waals surface area (Å²) in [6, 6.07) is 14.5. The van der Waals surface area contributed by atoms with Crippen molar-refractivity contribution in [3.63, 3.8) is 0 Å². The van der Waals surface area contributed by atoms with Gasteiger partial charge in [0.25, 0.3) is 5.69 Å². The smallest absolute Gasteiger partial charge is 0.271 e. The van der Waals surface area contributed by atoms with Crippen molar-refractivity contribution in [1.29, 1.82) is 0 Å². The normalized spacial score (nSPS) is 10.9. The maximum absolute atomic E-state index is 10.9. The Labute approximate surface area is 121 Å². The van der Waals surface area contributed by atoms with Crippen LogP contribution in [0.3, 0.4) is 0 Å². The Hall–Kier alpha value is -2.66. The Balaban J connectivity index is 1.95. The number of aromatic nitrogens is 1. The second-order valence-electron chi connectivity index (χ2n) is 4.92. The number of non-ortho nitro benzene ring substituents is 1. The SMILES string of the molecule is O=[N+]([O-])c1ccc2ccn(Cc3ccc(CO)cc3)c2c1. The number of aliphatic hydroxyl groups is 1. The zero-order valence-electron chi connectivity index (χ0n) is 11.3. The lowest BCUT2D eigenvalue weighted by atomic mass is 10.1. The average Bonchev–Trinajstić information content (AvgIpc) is 2.90. The molecule has 0 atom stereocenters. The van der Waals surface area contributed by atoms with E-state index in [1.165, 1.54) is 6.07 Å². The van der Waals surface area contributed by atoms with Crippen LogP contribution in [0.5, 0.6) is 0 Å². The number of rotatable bonds is 4. The van der Waals surface area contributed by atoms with E-state index < -0.39 is 0 Å². The number of aliphatic hydroxyl groups excluding tert-OH is 1. The molecule has 106 valence electrons. The summed E-state index contributed by atoms with van der Waals surface area (Å²) in [7, 11) is 0. The number of benzene rings is 2. The highest BCUT2D eigenvalue weighted by atomic mass is 16.6. The lowest BCUT2D eigenvalue weighted by molar-refractivity contribution is -0.384. The van der Waals surface area contributed by atoms with Crippen LogP contribution in [0.4, 0.5) is 5.69 Å². The number of hydrogen-bond donors (Lipinski definition) is 1. The maximum Gasteiger partial charge on any atom is 0.271 e. The van der Waals surface area contributed by atoms with Gasteiger partial charge in [0.05, 0.1) is 17.0 Å². The summed E-state index contributed by atoms with van der Waals surface area (Å²) in [5.41, 5.74) is 2.89. The van der Waals surface area contributed by atoms with E-state index in [-0.39, 0.29) is 17.2 Å². The van der Waals surface area contributed by atoms with Crippen molar-refractivity contribution < 1.29 is 10.0 Å². The molecule has 0 fully saturated rings. The third-order valence-corrected chi connectivity index (χ3v) is 3.53. The lowest BCUT2D eigenvalue weighted by Crippen LogP contribution is -1.98. The summed E-state index contributed by atoms with van der Waals surface area (Å²) < 4.78 is 1.98. The van der Waals surface area contributed by atoms with Crippen molar-refractivity contribution in [2.75, 3.05) is 0 Å². The summed E-state index contributed by atoms with van der Waals surface area (Å²) in [5.74, 6) is 0. The van der Waals surface area contributed by atoms with E-state index in [2.05, 4.69) is 0 Å². The Kier molecular flexibility index (Phi) is 3.41. The van der Waals surface area contributed by atoms with Crippen molar-refractivity contribution in [2.45, 2.75) is 13.2 Å². The van der Waals surface area contributed by atoms with Crippen LogP contribution in [0.2, 0.25) is 0 Å². The van der Waals surface area contributed by atoms with E-state index in [4.69, 9.17) is 5.11 Å². The third kappa shape index (κ3) is 2.64. The van der Waals surface area contributed by atoms with Crippen LogP contribution in [0.15, 0.2) is 54.7 Å². The van der Waals surface area contributed by atoms with Crippen molar-refractivity contribution in [3.8, 4) is 0 Å². The second kappa shape index (κ2) is 5.38. The Bertz CT molecular complexity index is 791. The van der Waals surface area contributed by atoms with Crippen molar-refractivity contribution in [1.82, 2.24) is 4.57 Å². The maximum atomic E-state index is 10.9. The third-order valence-electron chi connectivity index (χ3n) is 3.53. The Morgan fingerprint density at radius 2 is 1.76 bits per heavy atom. The number of nitrogens with zero attached hydrogens (tertiary/aromatic N) is 2. The zero-order valence-corrected chi connectivity index (χ0v) is 11.3. The molecular formula is C16H14N2O3. The fourth-order valence-electron chi connectivity index (χ4n) is 2.37. The molecule has 0 aliphatic heterocycles. The molecule has 1 heterocycles. The van der Waals surface area contributed by atoms with Gasteiger partial charge >= 0.3 is 0 Å². The van der Waals surface area contributed by atoms with Gasteiger partial charge in [0, 0.05) is 30.3 Å². The van der Waals surface area contributed by atoms with Crippen molar-refractivity contribution in [2.24, 2.45) is 0 Å². The molecule has 0 aliphatic rings. The van der Waals surface area contributed by atoms with Crippen molar-refractivity contribution >= 4 is 16.6 Å². The largest absolute Gasteiger partial charge is 0.392 e. The van der Waals surface area contributed by atoms with E-state index in [1.807, 2.05) is 41.1 Å². The number of hydrogen-bond acceptors (Lipinski definition) is 3. The van der Waals surface area contributed by atoms with Gasteiger partial charge in [0.15, 0.2) is 0 Å². The first-order valence-corrected chi connectivity index (χ1v) is 6.59. The molecular weight excluding hydrogens is 268 g/mol. The highest BCUT2D eigenvalue weighted by molar-refractivity contribution is 5.82. The minimum absolute atomic E-state index is 0.0267. The molecule has 0 saturated heterocycles. The molecule has 0 saturated carbocycles. The Morgan fingerprint density at radius 1 is 1.05 bits per heavy atom. The molecule has 0 radical (unpaired) electrons. The highest BCUT2D eigenvalue weighted by Gasteiger charge is 2.09.